The number of amides is 2. The van der Waals surface area contributed by atoms with Crippen molar-refractivity contribution in [2.24, 2.45) is 5.92 Å². The molecule has 1 fully saturated rings. The zero-order valence-corrected chi connectivity index (χ0v) is 19.9. The first-order chi connectivity index (χ1) is 16.4. The van der Waals surface area contributed by atoms with Gasteiger partial charge in [-0.2, -0.15) is 0 Å². The number of methoxy groups -OCH3 is 4. The zero-order chi connectivity index (χ0) is 24.8. The maximum atomic E-state index is 12.9. The highest BCUT2D eigenvalue weighted by Gasteiger charge is 2.46. The zero-order valence-electron chi connectivity index (χ0n) is 19.9. The van der Waals surface area contributed by atoms with Gasteiger partial charge in [0, 0.05) is 18.6 Å². The SMILES string of the molecule is COc1ccc([C@H]2[C@H](C)C(=O)N2c2cc(OC)c(OC)c(OC)c2)cc1OCCCC(=O)NO. The van der Waals surface area contributed by atoms with E-state index in [0.29, 0.717) is 40.9 Å². The van der Waals surface area contributed by atoms with E-state index in [-0.39, 0.29) is 30.9 Å². The molecule has 0 aliphatic carbocycles. The van der Waals surface area contributed by atoms with Crippen LogP contribution in [0.5, 0.6) is 28.7 Å². The summed E-state index contributed by atoms with van der Waals surface area (Å²) in [6.45, 7) is 2.13. The quantitative estimate of drug-likeness (QED) is 0.221. The topological polar surface area (TPSA) is 116 Å². The molecule has 10 nitrogen and oxygen atoms in total. The molecule has 184 valence electrons. The highest BCUT2D eigenvalue weighted by molar-refractivity contribution is 6.03. The van der Waals surface area contributed by atoms with Gasteiger partial charge in [0.05, 0.1) is 52.7 Å². The molecule has 1 aliphatic heterocycles. The van der Waals surface area contributed by atoms with Crippen LogP contribution >= 0.6 is 0 Å². The van der Waals surface area contributed by atoms with E-state index < -0.39 is 5.91 Å². The highest BCUT2D eigenvalue weighted by Crippen LogP contribution is 2.49. The van der Waals surface area contributed by atoms with Crippen molar-refractivity contribution in [1.29, 1.82) is 0 Å². The highest BCUT2D eigenvalue weighted by atomic mass is 16.5. The van der Waals surface area contributed by atoms with E-state index in [9.17, 15) is 9.59 Å². The molecule has 0 spiro atoms. The van der Waals surface area contributed by atoms with E-state index in [2.05, 4.69) is 0 Å². The van der Waals surface area contributed by atoms with Gasteiger partial charge in [-0.15, -0.1) is 0 Å². The van der Waals surface area contributed by atoms with Crippen molar-refractivity contribution in [3.8, 4) is 28.7 Å². The van der Waals surface area contributed by atoms with Gasteiger partial charge in [0.25, 0.3) is 0 Å². The Hall–Kier alpha value is -3.66. The van der Waals surface area contributed by atoms with Gasteiger partial charge in [0.1, 0.15) is 0 Å². The van der Waals surface area contributed by atoms with Gasteiger partial charge in [-0.05, 0) is 24.1 Å². The summed E-state index contributed by atoms with van der Waals surface area (Å²) in [5, 5.41) is 8.61. The van der Waals surface area contributed by atoms with Gasteiger partial charge in [-0.3, -0.25) is 14.8 Å². The number of benzene rings is 2. The first kappa shape index (κ1) is 25.0. The summed E-state index contributed by atoms with van der Waals surface area (Å²) in [7, 11) is 6.11. The summed E-state index contributed by atoms with van der Waals surface area (Å²) < 4.78 is 27.5. The number of nitrogens with zero attached hydrogens (tertiary/aromatic N) is 1. The Labute approximate surface area is 198 Å². The number of nitrogens with one attached hydrogen (secondary N) is 1. The van der Waals surface area contributed by atoms with E-state index in [1.165, 1.54) is 21.3 Å². The molecule has 2 aromatic rings. The maximum Gasteiger partial charge on any atom is 0.243 e. The Balaban J connectivity index is 1.90. The Kier molecular flexibility index (Phi) is 8.06. The summed E-state index contributed by atoms with van der Waals surface area (Å²) in [5.74, 6) is 1.62. The molecular formula is C24H30N2O8. The summed E-state index contributed by atoms with van der Waals surface area (Å²) in [5.41, 5.74) is 3.08. The van der Waals surface area contributed by atoms with Gasteiger partial charge < -0.3 is 28.6 Å². The van der Waals surface area contributed by atoms with Crippen molar-refractivity contribution in [2.45, 2.75) is 25.8 Å². The summed E-state index contributed by atoms with van der Waals surface area (Å²) in [6, 6.07) is 8.75. The van der Waals surface area contributed by atoms with Crippen molar-refractivity contribution in [3.05, 3.63) is 35.9 Å². The molecule has 2 amide bonds. The van der Waals surface area contributed by atoms with Crippen LogP contribution in [0.3, 0.4) is 0 Å². The van der Waals surface area contributed by atoms with Crippen LogP contribution in [0.4, 0.5) is 5.69 Å². The molecule has 1 saturated heterocycles. The number of β-lactam (4-membered cyclic amide) rings is 1. The average molecular weight is 475 g/mol. The van der Waals surface area contributed by atoms with Crippen LogP contribution in [0.1, 0.15) is 31.4 Å². The fourth-order valence-corrected chi connectivity index (χ4v) is 4.03. The third kappa shape index (κ3) is 4.81. The summed E-state index contributed by atoms with van der Waals surface area (Å²) in [6.07, 6.45) is 0.539. The number of anilines is 1. The Bertz CT molecular complexity index is 1020. The maximum absolute atomic E-state index is 12.9. The van der Waals surface area contributed by atoms with Gasteiger partial charge in [0.15, 0.2) is 23.0 Å². The average Bonchev–Trinajstić information content (AvgIpc) is 2.87. The van der Waals surface area contributed by atoms with Gasteiger partial charge in [-0.1, -0.05) is 13.0 Å². The van der Waals surface area contributed by atoms with E-state index >= 15 is 0 Å². The third-order valence-corrected chi connectivity index (χ3v) is 5.77. The van der Waals surface area contributed by atoms with Crippen LogP contribution in [-0.4, -0.2) is 52.1 Å². The lowest BCUT2D eigenvalue weighted by Crippen LogP contribution is -2.54. The van der Waals surface area contributed by atoms with Crippen molar-refractivity contribution in [3.63, 3.8) is 0 Å². The van der Waals surface area contributed by atoms with Crippen LogP contribution in [0.25, 0.3) is 0 Å². The smallest absolute Gasteiger partial charge is 0.243 e. The molecule has 2 atom stereocenters. The van der Waals surface area contributed by atoms with Crippen molar-refractivity contribution in [1.82, 2.24) is 5.48 Å². The summed E-state index contributed by atoms with van der Waals surface area (Å²) in [4.78, 5) is 25.8. The largest absolute Gasteiger partial charge is 0.493 e. The molecular weight excluding hydrogens is 444 g/mol. The van der Waals surface area contributed by atoms with Gasteiger partial charge in [-0.25, -0.2) is 5.48 Å². The number of hydrogen-bond donors (Lipinski definition) is 2. The molecule has 2 aromatic carbocycles. The van der Waals surface area contributed by atoms with E-state index in [1.54, 1.807) is 35.7 Å². The fourth-order valence-electron chi connectivity index (χ4n) is 4.03. The molecule has 1 heterocycles. The van der Waals surface area contributed by atoms with Crippen LogP contribution in [0.15, 0.2) is 30.3 Å². The van der Waals surface area contributed by atoms with Crippen molar-refractivity contribution < 1.29 is 38.5 Å². The fraction of sp³-hybridized carbons (Fsp3) is 0.417. The van der Waals surface area contributed by atoms with Crippen LogP contribution in [0.2, 0.25) is 0 Å². The second-order valence-corrected chi connectivity index (χ2v) is 7.72. The second kappa shape index (κ2) is 11.0. The molecule has 3 rings (SSSR count). The van der Waals surface area contributed by atoms with Gasteiger partial charge >= 0.3 is 0 Å². The van der Waals surface area contributed by atoms with Gasteiger partial charge in [0.2, 0.25) is 17.6 Å². The van der Waals surface area contributed by atoms with Crippen molar-refractivity contribution in [2.75, 3.05) is 39.9 Å². The predicted molar refractivity (Wildman–Crippen MR) is 123 cm³/mol. The Morgan fingerprint density at radius 3 is 2.18 bits per heavy atom. The van der Waals surface area contributed by atoms with Crippen LogP contribution < -0.4 is 34.1 Å². The molecule has 0 radical (unpaired) electrons. The monoisotopic (exact) mass is 474 g/mol. The number of hydroxylamine groups is 1. The molecule has 0 saturated carbocycles. The second-order valence-electron chi connectivity index (χ2n) is 7.72. The normalized spacial score (nSPS) is 17.0. The number of ether oxygens (including phenoxy) is 5. The van der Waals surface area contributed by atoms with Crippen LogP contribution in [-0.2, 0) is 9.59 Å². The molecule has 2 N–H and O–H groups in total. The first-order valence-electron chi connectivity index (χ1n) is 10.8. The number of carbonyl (C=O) groups excluding carboxylic acids is 2. The lowest BCUT2D eigenvalue weighted by molar-refractivity contribution is -0.130. The molecule has 0 bridgehead atoms. The molecule has 34 heavy (non-hydrogen) atoms. The van der Waals surface area contributed by atoms with E-state index in [0.717, 1.165) is 5.56 Å². The minimum atomic E-state index is -0.480. The molecule has 10 heteroatoms. The van der Waals surface area contributed by atoms with Crippen LogP contribution in [0, 0.1) is 5.92 Å². The predicted octanol–water partition coefficient (Wildman–Crippen LogP) is 3.11. The Morgan fingerprint density at radius 2 is 1.62 bits per heavy atom. The number of carbonyl (C=O) groups is 2. The minimum Gasteiger partial charge on any atom is -0.493 e. The number of rotatable bonds is 11. The minimum absolute atomic E-state index is 0.0347. The van der Waals surface area contributed by atoms with E-state index in [4.69, 9.17) is 28.9 Å². The lowest BCUT2D eigenvalue weighted by Gasteiger charge is -2.46. The van der Waals surface area contributed by atoms with Crippen molar-refractivity contribution >= 4 is 17.5 Å². The molecule has 1 aliphatic rings. The standard InChI is InChI=1S/C24H30N2O8/c1-14-22(15-8-9-17(30-2)18(11-15)34-10-6-7-21(27)25-29)26(24(14)28)16-12-19(31-3)23(33-5)20(13-16)32-4/h8-9,11-14,22,29H,6-7,10H2,1-5H3,(H,25,27)/t14-,22+/m0/s1. The Morgan fingerprint density at radius 1 is 0.971 bits per heavy atom. The van der Waals surface area contributed by atoms with E-state index in [1.807, 2.05) is 19.1 Å². The first-order valence-corrected chi connectivity index (χ1v) is 10.8. The molecule has 0 unspecified atom stereocenters. The number of hydrogen-bond acceptors (Lipinski definition) is 8. The lowest BCUT2D eigenvalue weighted by atomic mass is 9.83. The molecule has 0 aromatic heterocycles. The third-order valence-electron chi connectivity index (χ3n) is 5.77. The summed E-state index contributed by atoms with van der Waals surface area (Å²) >= 11 is 0.